The first-order valence-corrected chi connectivity index (χ1v) is 11.1. The lowest BCUT2D eigenvalue weighted by atomic mass is 10.1. The van der Waals surface area contributed by atoms with E-state index in [0.717, 1.165) is 18.7 Å². The highest BCUT2D eigenvalue weighted by Crippen LogP contribution is 2.27. The zero-order valence-corrected chi connectivity index (χ0v) is 18.2. The molecule has 2 aromatic rings. The van der Waals surface area contributed by atoms with Crippen molar-refractivity contribution in [3.63, 3.8) is 0 Å². The summed E-state index contributed by atoms with van der Waals surface area (Å²) >= 11 is 0. The number of sulfonamides is 1. The first-order chi connectivity index (χ1) is 14.3. The highest BCUT2D eigenvalue weighted by Gasteiger charge is 2.27. The van der Waals surface area contributed by atoms with Crippen molar-refractivity contribution in [2.45, 2.75) is 11.4 Å². The maximum Gasteiger partial charge on any atom is 0.251 e. The van der Waals surface area contributed by atoms with Crippen LogP contribution in [0.15, 0.2) is 47.4 Å². The summed E-state index contributed by atoms with van der Waals surface area (Å²) in [6, 6.07) is 11.6. The Morgan fingerprint density at radius 2 is 1.60 bits per heavy atom. The highest BCUT2D eigenvalue weighted by atomic mass is 32.2. The van der Waals surface area contributed by atoms with Crippen LogP contribution in [-0.2, 0) is 16.6 Å². The molecule has 0 unspecified atom stereocenters. The molecule has 0 radical (unpaired) electrons. The molecule has 1 heterocycles. The van der Waals surface area contributed by atoms with Gasteiger partial charge < -0.3 is 19.7 Å². The van der Waals surface area contributed by atoms with E-state index < -0.39 is 10.0 Å². The Morgan fingerprint density at radius 3 is 2.20 bits per heavy atom. The third-order valence-electron chi connectivity index (χ3n) is 5.12. The Hall–Kier alpha value is -2.62. The number of carbonyl (C=O) groups is 1. The van der Waals surface area contributed by atoms with Gasteiger partial charge in [0.25, 0.3) is 5.91 Å². The Bertz CT molecular complexity index is 984. The molecular formula is C21H27N3O5S. The number of likely N-dealkylation sites (N-methyl/N-ethyl adjacent to an activating group) is 1. The van der Waals surface area contributed by atoms with E-state index in [1.165, 1.54) is 18.5 Å². The van der Waals surface area contributed by atoms with E-state index in [1.807, 2.05) is 7.05 Å². The summed E-state index contributed by atoms with van der Waals surface area (Å²) in [7, 11) is 1.53. The maximum atomic E-state index is 12.8. The second kappa shape index (κ2) is 9.46. The molecule has 3 rings (SSSR count). The van der Waals surface area contributed by atoms with E-state index in [-0.39, 0.29) is 17.3 Å². The lowest BCUT2D eigenvalue weighted by Crippen LogP contribution is -2.47. The molecule has 0 saturated carbocycles. The van der Waals surface area contributed by atoms with Crippen molar-refractivity contribution >= 4 is 15.9 Å². The molecule has 1 N–H and O–H groups in total. The van der Waals surface area contributed by atoms with E-state index in [0.29, 0.717) is 30.2 Å². The molecule has 0 bridgehead atoms. The van der Waals surface area contributed by atoms with E-state index in [2.05, 4.69) is 10.2 Å². The predicted octanol–water partition coefficient (Wildman–Crippen LogP) is 1.57. The lowest BCUT2D eigenvalue weighted by Gasteiger charge is -2.31. The van der Waals surface area contributed by atoms with Gasteiger partial charge in [-0.2, -0.15) is 4.31 Å². The second-order valence-corrected chi connectivity index (χ2v) is 9.04. The van der Waals surface area contributed by atoms with Crippen LogP contribution in [0.5, 0.6) is 11.5 Å². The monoisotopic (exact) mass is 433 g/mol. The number of ether oxygens (including phenoxy) is 2. The van der Waals surface area contributed by atoms with E-state index in [9.17, 15) is 13.2 Å². The van der Waals surface area contributed by atoms with Crippen LogP contribution < -0.4 is 14.8 Å². The summed E-state index contributed by atoms with van der Waals surface area (Å²) in [6.45, 7) is 2.70. The summed E-state index contributed by atoms with van der Waals surface area (Å²) in [5.41, 5.74) is 1.25. The number of piperazine rings is 1. The van der Waals surface area contributed by atoms with Gasteiger partial charge in [0.15, 0.2) is 11.5 Å². The summed E-state index contributed by atoms with van der Waals surface area (Å²) in [6.07, 6.45) is 0. The average molecular weight is 434 g/mol. The summed E-state index contributed by atoms with van der Waals surface area (Å²) < 4.78 is 37.5. The van der Waals surface area contributed by atoms with Crippen LogP contribution >= 0.6 is 0 Å². The molecule has 162 valence electrons. The van der Waals surface area contributed by atoms with E-state index >= 15 is 0 Å². The Kier molecular flexibility index (Phi) is 6.96. The molecule has 0 atom stereocenters. The van der Waals surface area contributed by atoms with Gasteiger partial charge in [-0.15, -0.1) is 0 Å². The maximum absolute atomic E-state index is 12.8. The fourth-order valence-electron chi connectivity index (χ4n) is 3.22. The van der Waals surface area contributed by atoms with Crippen LogP contribution in [0.25, 0.3) is 0 Å². The minimum absolute atomic E-state index is 0.259. The average Bonchev–Trinajstić information content (AvgIpc) is 2.77. The van der Waals surface area contributed by atoms with Gasteiger partial charge in [-0.1, -0.05) is 12.1 Å². The van der Waals surface area contributed by atoms with Gasteiger partial charge in [0, 0.05) is 38.3 Å². The Labute approximate surface area is 177 Å². The number of hydrogen-bond donors (Lipinski definition) is 1. The molecule has 1 fully saturated rings. The zero-order valence-electron chi connectivity index (χ0n) is 17.4. The van der Waals surface area contributed by atoms with Crippen molar-refractivity contribution in [2.75, 3.05) is 47.4 Å². The summed E-state index contributed by atoms with van der Waals surface area (Å²) in [5.74, 6) is 0.764. The fraction of sp³-hybridized carbons (Fsp3) is 0.381. The molecule has 0 aromatic heterocycles. The van der Waals surface area contributed by atoms with Crippen molar-refractivity contribution in [3.8, 4) is 11.5 Å². The third kappa shape index (κ3) is 4.92. The lowest BCUT2D eigenvalue weighted by molar-refractivity contribution is 0.0950. The van der Waals surface area contributed by atoms with Gasteiger partial charge in [0.05, 0.1) is 19.1 Å². The van der Waals surface area contributed by atoms with Crippen LogP contribution in [0.1, 0.15) is 15.9 Å². The Morgan fingerprint density at radius 1 is 0.967 bits per heavy atom. The largest absolute Gasteiger partial charge is 0.493 e. The number of hydrogen-bond acceptors (Lipinski definition) is 6. The second-order valence-electron chi connectivity index (χ2n) is 7.10. The molecular weight excluding hydrogens is 406 g/mol. The van der Waals surface area contributed by atoms with E-state index in [1.54, 1.807) is 42.5 Å². The number of nitrogens with one attached hydrogen (secondary N) is 1. The van der Waals surface area contributed by atoms with Crippen LogP contribution in [0.4, 0.5) is 0 Å². The van der Waals surface area contributed by atoms with Gasteiger partial charge >= 0.3 is 0 Å². The van der Waals surface area contributed by atoms with Crippen LogP contribution in [0.3, 0.4) is 0 Å². The molecule has 0 aliphatic carbocycles. The number of rotatable bonds is 7. The minimum atomic E-state index is -3.50. The standard InChI is InChI=1S/C21H27N3O5S/c1-23-10-12-24(13-11-23)30(26,27)18-7-4-16(5-8-18)15-22-21(25)17-6-9-19(28-2)20(14-17)29-3/h4-9,14H,10-13,15H2,1-3H3,(H,22,25). The molecule has 8 nitrogen and oxygen atoms in total. The number of amides is 1. The first-order valence-electron chi connectivity index (χ1n) is 9.63. The molecule has 9 heteroatoms. The van der Waals surface area contributed by atoms with Crippen molar-refractivity contribution in [1.82, 2.24) is 14.5 Å². The fourth-order valence-corrected chi connectivity index (χ4v) is 4.64. The van der Waals surface area contributed by atoms with Crippen molar-refractivity contribution in [2.24, 2.45) is 0 Å². The number of nitrogens with zero attached hydrogens (tertiary/aromatic N) is 2. The molecule has 30 heavy (non-hydrogen) atoms. The SMILES string of the molecule is COc1ccc(C(=O)NCc2ccc(S(=O)(=O)N3CCN(C)CC3)cc2)cc1OC. The zero-order chi connectivity index (χ0) is 21.7. The Balaban J connectivity index is 1.62. The van der Waals surface area contributed by atoms with Crippen LogP contribution in [-0.4, -0.2) is 71.0 Å². The van der Waals surface area contributed by atoms with Gasteiger partial charge in [-0.25, -0.2) is 8.42 Å². The summed E-state index contributed by atoms with van der Waals surface area (Å²) in [5, 5.41) is 2.83. The first kappa shape index (κ1) is 22.1. The molecule has 1 aliphatic rings. The molecule has 1 aliphatic heterocycles. The molecule has 0 spiro atoms. The minimum Gasteiger partial charge on any atom is -0.493 e. The van der Waals surface area contributed by atoms with Crippen LogP contribution in [0.2, 0.25) is 0 Å². The predicted molar refractivity (Wildman–Crippen MR) is 113 cm³/mol. The van der Waals surface area contributed by atoms with Gasteiger partial charge in [-0.3, -0.25) is 4.79 Å². The number of carbonyl (C=O) groups excluding carboxylic acids is 1. The van der Waals surface area contributed by atoms with Crippen molar-refractivity contribution in [3.05, 3.63) is 53.6 Å². The topological polar surface area (TPSA) is 88.2 Å². The summed E-state index contributed by atoms with van der Waals surface area (Å²) in [4.78, 5) is 14.8. The normalized spacial score (nSPS) is 15.6. The molecule has 1 amide bonds. The molecule has 2 aromatic carbocycles. The van der Waals surface area contributed by atoms with Crippen LogP contribution in [0, 0.1) is 0 Å². The van der Waals surface area contributed by atoms with Gasteiger partial charge in [0.2, 0.25) is 10.0 Å². The number of benzene rings is 2. The highest BCUT2D eigenvalue weighted by molar-refractivity contribution is 7.89. The van der Waals surface area contributed by atoms with Crippen molar-refractivity contribution in [1.29, 1.82) is 0 Å². The number of methoxy groups -OCH3 is 2. The third-order valence-corrected chi connectivity index (χ3v) is 7.04. The van der Waals surface area contributed by atoms with Gasteiger partial charge in [-0.05, 0) is 42.9 Å². The quantitative estimate of drug-likeness (QED) is 0.713. The molecule has 1 saturated heterocycles. The van der Waals surface area contributed by atoms with E-state index in [4.69, 9.17) is 9.47 Å². The van der Waals surface area contributed by atoms with Gasteiger partial charge in [0.1, 0.15) is 0 Å². The van der Waals surface area contributed by atoms with Crippen molar-refractivity contribution < 1.29 is 22.7 Å². The smallest absolute Gasteiger partial charge is 0.251 e.